The van der Waals surface area contributed by atoms with E-state index in [1.165, 1.54) is 17.7 Å². The van der Waals surface area contributed by atoms with Crippen LogP contribution < -0.4 is 5.73 Å². The smallest absolute Gasteiger partial charge is 0.129 e. The van der Waals surface area contributed by atoms with Gasteiger partial charge < -0.3 is 5.73 Å². The molecule has 0 spiro atoms. The van der Waals surface area contributed by atoms with Crippen molar-refractivity contribution in [3.8, 4) is 0 Å². The van der Waals surface area contributed by atoms with Gasteiger partial charge in [-0.3, -0.25) is 0 Å². The largest absolute Gasteiger partial charge is 0.327 e. The summed E-state index contributed by atoms with van der Waals surface area (Å²) < 4.78 is 26.3. The number of nitrogens with two attached hydrogens (primary N) is 1. The molecule has 0 radical (unpaired) electrons. The Hall–Kier alpha value is -1.74. The van der Waals surface area contributed by atoms with Crippen LogP contribution in [0, 0.1) is 18.6 Å². The molecule has 0 aromatic heterocycles. The van der Waals surface area contributed by atoms with Gasteiger partial charge in [0.05, 0.1) is 0 Å². The molecule has 0 aliphatic rings. The fourth-order valence-corrected chi connectivity index (χ4v) is 2.07. The van der Waals surface area contributed by atoms with Gasteiger partial charge in [0, 0.05) is 12.1 Å². The summed E-state index contributed by atoms with van der Waals surface area (Å²) in [6, 6.07) is 11.5. The minimum atomic E-state index is -0.562. The molecule has 0 bridgehead atoms. The summed E-state index contributed by atoms with van der Waals surface area (Å²) >= 11 is 0. The van der Waals surface area contributed by atoms with Gasteiger partial charge >= 0.3 is 0 Å². The van der Waals surface area contributed by atoms with Crippen LogP contribution in [0.1, 0.15) is 16.7 Å². The molecule has 2 aromatic carbocycles. The average Bonchev–Trinajstić information content (AvgIpc) is 2.36. The van der Waals surface area contributed by atoms with E-state index in [0.29, 0.717) is 18.4 Å². The molecule has 3 heteroatoms. The molecule has 0 saturated carbocycles. The third-order valence-electron chi connectivity index (χ3n) is 3.12. The number of rotatable bonds is 4. The Kier molecular flexibility index (Phi) is 4.27. The quantitative estimate of drug-likeness (QED) is 0.897. The van der Waals surface area contributed by atoms with Crippen molar-refractivity contribution in [2.75, 3.05) is 0 Å². The molecule has 0 aliphatic carbocycles. The van der Waals surface area contributed by atoms with Crippen molar-refractivity contribution in [1.29, 1.82) is 0 Å². The van der Waals surface area contributed by atoms with Crippen LogP contribution in [-0.4, -0.2) is 6.04 Å². The normalized spacial score (nSPS) is 12.4. The Morgan fingerprint density at radius 2 is 1.68 bits per heavy atom. The molecule has 2 aromatic rings. The predicted molar refractivity (Wildman–Crippen MR) is 72.9 cm³/mol. The van der Waals surface area contributed by atoms with Crippen LogP contribution in [0.5, 0.6) is 0 Å². The van der Waals surface area contributed by atoms with E-state index >= 15 is 0 Å². The summed E-state index contributed by atoms with van der Waals surface area (Å²) in [6.45, 7) is 2.03. The first-order valence-corrected chi connectivity index (χ1v) is 6.29. The molecule has 0 fully saturated rings. The van der Waals surface area contributed by atoms with Crippen molar-refractivity contribution in [1.82, 2.24) is 0 Å². The summed E-state index contributed by atoms with van der Waals surface area (Å²) in [7, 11) is 0. The van der Waals surface area contributed by atoms with E-state index in [0.717, 1.165) is 11.6 Å². The van der Waals surface area contributed by atoms with Gasteiger partial charge in [-0.1, -0.05) is 35.9 Å². The van der Waals surface area contributed by atoms with Gasteiger partial charge in [0.1, 0.15) is 11.6 Å². The Labute approximate surface area is 112 Å². The summed E-state index contributed by atoms with van der Waals surface area (Å²) in [5.74, 6) is -1.09. The lowest BCUT2D eigenvalue weighted by atomic mass is 9.99. The molecular formula is C16H17F2N. The molecule has 0 aliphatic heterocycles. The fraction of sp³-hybridized carbons (Fsp3) is 0.250. The molecule has 0 heterocycles. The maximum Gasteiger partial charge on any atom is 0.129 e. The van der Waals surface area contributed by atoms with E-state index in [1.807, 2.05) is 31.2 Å². The molecule has 2 rings (SSSR count). The van der Waals surface area contributed by atoms with Gasteiger partial charge in [-0.05, 0) is 37.0 Å². The molecule has 1 nitrogen and oxygen atoms in total. The lowest BCUT2D eigenvalue weighted by molar-refractivity contribution is 0.558. The van der Waals surface area contributed by atoms with Crippen LogP contribution in [-0.2, 0) is 12.8 Å². The van der Waals surface area contributed by atoms with Crippen LogP contribution >= 0.6 is 0 Å². The molecule has 100 valence electrons. The molecule has 0 amide bonds. The van der Waals surface area contributed by atoms with E-state index in [-0.39, 0.29) is 6.04 Å². The second kappa shape index (κ2) is 5.93. The summed E-state index contributed by atoms with van der Waals surface area (Å²) in [5.41, 5.74) is 8.80. The zero-order valence-electron chi connectivity index (χ0n) is 10.9. The molecule has 2 N–H and O–H groups in total. The summed E-state index contributed by atoms with van der Waals surface area (Å²) in [6.07, 6.45) is 1.08. The fourth-order valence-electron chi connectivity index (χ4n) is 2.07. The number of hydrogen-bond acceptors (Lipinski definition) is 1. The van der Waals surface area contributed by atoms with E-state index in [4.69, 9.17) is 5.73 Å². The van der Waals surface area contributed by atoms with Gasteiger partial charge in [-0.2, -0.15) is 0 Å². The monoisotopic (exact) mass is 261 g/mol. The van der Waals surface area contributed by atoms with Crippen LogP contribution in [0.15, 0.2) is 42.5 Å². The summed E-state index contributed by atoms with van der Waals surface area (Å²) in [4.78, 5) is 0. The third-order valence-corrected chi connectivity index (χ3v) is 3.12. The highest BCUT2D eigenvalue weighted by Crippen LogP contribution is 2.13. The first-order valence-electron chi connectivity index (χ1n) is 6.29. The minimum Gasteiger partial charge on any atom is -0.327 e. The number of aryl methyl sites for hydroxylation is 1. The molecular weight excluding hydrogens is 244 g/mol. The van der Waals surface area contributed by atoms with Gasteiger partial charge in [-0.25, -0.2) is 8.78 Å². The Bertz CT molecular complexity index is 549. The second-order valence-electron chi connectivity index (χ2n) is 4.89. The van der Waals surface area contributed by atoms with Crippen LogP contribution in [0.4, 0.5) is 8.78 Å². The number of halogens is 2. The van der Waals surface area contributed by atoms with Gasteiger partial charge in [0.25, 0.3) is 0 Å². The van der Waals surface area contributed by atoms with E-state index in [9.17, 15) is 8.78 Å². The highest BCUT2D eigenvalue weighted by molar-refractivity contribution is 5.24. The molecule has 0 saturated heterocycles. The number of benzene rings is 2. The van der Waals surface area contributed by atoms with Gasteiger partial charge in [0.2, 0.25) is 0 Å². The average molecular weight is 261 g/mol. The maximum absolute atomic E-state index is 13.5. The highest BCUT2D eigenvalue weighted by Gasteiger charge is 2.10. The van der Waals surface area contributed by atoms with Crippen molar-refractivity contribution in [2.45, 2.75) is 25.8 Å². The Morgan fingerprint density at radius 1 is 1.00 bits per heavy atom. The first-order chi connectivity index (χ1) is 9.04. The van der Waals surface area contributed by atoms with Crippen molar-refractivity contribution in [3.63, 3.8) is 0 Å². The van der Waals surface area contributed by atoms with Crippen molar-refractivity contribution in [2.24, 2.45) is 5.73 Å². The number of hydrogen-bond donors (Lipinski definition) is 1. The summed E-state index contributed by atoms with van der Waals surface area (Å²) in [5, 5.41) is 0. The van der Waals surface area contributed by atoms with Crippen LogP contribution in [0.3, 0.4) is 0 Å². The van der Waals surface area contributed by atoms with Crippen molar-refractivity contribution < 1.29 is 8.78 Å². The highest BCUT2D eigenvalue weighted by atomic mass is 19.1. The maximum atomic E-state index is 13.5. The first kappa shape index (κ1) is 13.7. The Morgan fingerprint density at radius 3 is 2.32 bits per heavy atom. The van der Waals surface area contributed by atoms with Gasteiger partial charge in [0.15, 0.2) is 0 Å². The van der Waals surface area contributed by atoms with Crippen molar-refractivity contribution in [3.05, 3.63) is 70.8 Å². The molecule has 1 atom stereocenters. The zero-order valence-corrected chi connectivity index (χ0v) is 10.9. The SMILES string of the molecule is Cc1ccc(CC(N)Cc2ccc(F)cc2F)cc1. The van der Waals surface area contributed by atoms with E-state index < -0.39 is 11.6 Å². The predicted octanol–water partition coefficient (Wildman–Crippen LogP) is 3.39. The van der Waals surface area contributed by atoms with Crippen LogP contribution in [0.25, 0.3) is 0 Å². The van der Waals surface area contributed by atoms with Crippen molar-refractivity contribution >= 4 is 0 Å². The lowest BCUT2D eigenvalue weighted by Gasteiger charge is -2.12. The standard InChI is InChI=1S/C16H17F2N/c1-11-2-4-12(5-3-11)8-15(19)9-13-6-7-14(17)10-16(13)18/h2-7,10,15H,8-9,19H2,1H3. The lowest BCUT2D eigenvalue weighted by Crippen LogP contribution is -2.26. The molecule has 19 heavy (non-hydrogen) atoms. The third kappa shape index (κ3) is 3.86. The van der Waals surface area contributed by atoms with Crippen LogP contribution in [0.2, 0.25) is 0 Å². The Balaban J connectivity index is 2.01. The second-order valence-corrected chi connectivity index (χ2v) is 4.89. The minimum absolute atomic E-state index is 0.178. The zero-order chi connectivity index (χ0) is 13.8. The van der Waals surface area contributed by atoms with E-state index in [2.05, 4.69) is 0 Å². The topological polar surface area (TPSA) is 26.0 Å². The van der Waals surface area contributed by atoms with Gasteiger partial charge in [-0.15, -0.1) is 0 Å². The molecule has 1 unspecified atom stereocenters. The van der Waals surface area contributed by atoms with E-state index in [1.54, 1.807) is 0 Å².